The molecule has 1 saturated heterocycles. The van der Waals surface area contributed by atoms with Crippen LogP contribution in [0.3, 0.4) is 0 Å². The minimum absolute atomic E-state index is 0.236. The van der Waals surface area contributed by atoms with Crippen molar-refractivity contribution < 1.29 is 4.90 Å². The SMILES string of the molecule is O=c1c(Cl)c(N2CC[NH+](Cc3ccccc3)CC2)cnn1-c1ccccc1. The maximum atomic E-state index is 12.7. The van der Waals surface area contributed by atoms with Crippen molar-refractivity contribution >= 4 is 17.3 Å². The predicted octanol–water partition coefficient (Wildman–Crippen LogP) is 1.79. The molecule has 0 atom stereocenters. The largest absolute Gasteiger partial charge is 0.358 e. The Morgan fingerprint density at radius 3 is 2.26 bits per heavy atom. The predicted molar refractivity (Wildman–Crippen MR) is 108 cm³/mol. The zero-order valence-corrected chi connectivity index (χ0v) is 15.8. The first-order chi connectivity index (χ1) is 13.2. The monoisotopic (exact) mass is 381 g/mol. The molecule has 1 aliphatic rings. The van der Waals surface area contributed by atoms with Gasteiger partial charge in [-0.05, 0) is 12.1 Å². The highest BCUT2D eigenvalue weighted by atomic mass is 35.5. The van der Waals surface area contributed by atoms with Gasteiger partial charge in [0.2, 0.25) is 0 Å². The van der Waals surface area contributed by atoms with Crippen LogP contribution in [0.2, 0.25) is 5.02 Å². The van der Waals surface area contributed by atoms with Gasteiger partial charge in [-0.3, -0.25) is 4.79 Å². The number of piperazine rings is 1. The summed E-state index contributed by atoms with van der Waals surface area (Å²) in [6.07, 6.45) is 1.71. The zero-order chi connectivity index (χ0) is 18.6. The molecule has 5 nitrogen and oxygen atoms in total. The van der Waals surface area contributed by atoms with Crippen molar-refractivity contribution in [3.8, 4) is 5.69 Å². The summed E-state index contributed by atoms with van der Waals surface area (Å²) in [6.45, 7) is 4.76. The Hall–Kier alpha value is -2.63. The summed E-state index contributed by atoms with van der Waals surface area (Å²) in [5.74, 6) is 0. The van der Waals surface area contributed by atoms with E-state index in [1.165, 1.54) is 10.2 Å². The fourth-order valence-corrected chi connectivity index (χ4v) is 3.77. The Kier molecular flexibility index (Phi) is 5.23. The van der Waals surface area contributed by atoms with E-state index in [9.17, 15) is 4.79 Å². The molecule has 3 aromatic rings. The number of hydrogen-bond acceptors (Lipinski definition) is 3. The molecule has 1 fully saturated rings. The van der Waals surface area contributed by atoms with Crippen molar-refractivity contribution in [2.75, 3.05) is 31.1 Å². The topological polar surface area (TPSA) is 42.6 Å². The number of quaternary nitrogens is 1. The highest BCUT2D eigenvalue weighted by Gasteiger charge is 2.23. The number of nitrogens with zero attached hydrogens (tertiary/aromatic N) is 3. The van der Waals surface area contributed by atoms with Crippen molar-refractivity contribution in [2.45, 2.75) is 6.54 Å². The van der Waals surface area contributed by atoms with Gasteiger partial charge < -0.3 is 9.80 Å². The highest BCUT2D eigenvalue weighted by molar-refractivity contribution is 6.33. The van der Waals surface area contributed by atoms with E-state index in [4.69, 9.17) is 11.6 Å². The summed E-state index contributed by atoms with van der Waals surface area (Å²) >= 11 is 6.43. The Labute approximate surface area is 163 Å². The Balaban J connectivity index is 1.47. The van der Waals surface area contributed by atoms with Crippen LogP contribution in [0.15, 0.2) is 71.7 Å². The van der Waals surface area contributed by atoms with E-state index in [1.54, 1.807) is 11.1 Å². The third kappa shape index (κ3) is 3.89. The minimum atomic E-state index is -0.278. The number of rotatable bonds is 4. The number of para-hydroxylation sites is 1. The van der Waals surface area contributed by atoms with E-state index in [0.29, 0.717) is 5.69 Å². The van der Waals surface area contributed by atoms with E-state index >= 15 is 0 Å². The molecule has 1 aromatic heterocycles. The van der Waals surface area contributed by atoms with Crippen LogP contribution in [-0.2, 0) is 6.54 Å². The van der Waals surface area contributed by atoms with Gasteiger partial charge in [0.05, 0.1) is 43.8 Å². The molecule has 6 heteroatoms. The Morgan fingerprint density at radius 1 is 0.963 bits per heavy atom. The molecule has 0 spiro atoms. The second-order valence-corrected chi connectivity index (χ2v) is 7.17. The van der Waals surface area contributed by atoms with Gasteiger partial charge in [-0.25, -0.2) is 0 Å². The molecular formula is C21H22ClN4O+. The van der Waals surface area contributed by atoms with Crippen molar-refractivity contribution in [1.82, 2.24) is 9.78 Å². The second kappa shape index (κ2) is 7.94. The summed E-state index contributed by atoms with van der Waals surface area (Å²) in [7, 11) is 0. The van der Waals surface area contributed by atoms with Crippen LogP contribution in [0.4, 0.5) is 5.69 Å². The van der Waals surface area contributed by atoms with Crippen molar-refractivity contribution in [3.63, 3.8) is 0 Å². The molecule has 1 N–H and O–H groups in total. The molecule has 4 rings (SSSR count). The molecule has 2 aromatic carbocycles. The molecule has 0 radical (unpaired) electrons. The van der Waals surface area contributed by atoms with Crippen LogP contribution < -0.4 is 15.4 Å². The first-order valence-electron chi connectivity index (χ1n) is 9.18. The number of halogens is 1. The standard InChI is InChI=1S/C21H21ClN4O/c22-20-19(15-23-26(21(20)27)18-9-5-2-6-10-18)25-13-11-24(12-14-25)16-17-7-3-1-4-8-17/h1-10,15H,11-14,16H2/p+1. The number of aromatic nitrogens is 2. The van der Waals surface area contributed by atoms with Crippen LogP contribution >= 0.6 is 11.6 Å². The summed E-state index contributed by atoms with van der Waals surface area (Å²) in [5, 5.41) is 4.58. The van der Waals surface area contributed by atoms with Crippen LogP contribution in [0, 0.1) is 0 Å². The maximum absolute atomic E-state index is 12.7. The zero-order valence-electron chi connectivity index (χ0n) is 15.0. The van der Waals surface area contributed by atoms with Crippen LogP contribution in [-0.4, -0.2) is 36.0 Å². The first-order valence-corrected chi connectivity index (χ1v) is 9.56. The van der Waals surface area contributed by atoms with Crippen molar-refractivity contribution in [2.24, 2.45) is 0 Å². The first kappa shape index (κ1) is 17.8. The third-order valence-corrected chi connectivity index (χ3v) is 5.36. The van der Waals surface area contributed by atoms with E-state index in [2.05, 4.69) is 34.3 Å². The van der Waals surface area contributed by atoms with Gasteiger partial charge in [-0.2, -0.15) is 9.78 Å². The van der Waals surface area contributed by atoms with Gasteiger partial charge in [-0.15, -0.1) is 0 Å². The highest BCUT2D eigenvalue weighted by Crippen LogP contribution is 2.21. The number of hydrogen-bond donors (Lipinski definition) is 1. The van der Waals surface area contributed by atoms with Crippen molar-refractivity contribution in [1.29, 1.82) is 0 Å². The molecule has 0 unspecified atom stereocenters. The Bertz CT molecular complexity index is 951. The van der Waals surface area contributed by atoms with Crippen LogP contribution in [0.25, 0.3) is 5.69 Å². The van der Waals surface area contributed by atoms with Crippen LogP contribution in [0.1, 0.15) is 5.56 Å². The van der Waals surface area contributed by atoms with Gasteiger partial charge in [0, 0.05) is 5.56 Å². The molecule has 0 amide bonds. The molecule has 1 aliphatic heterocycles. The number of benzene rings is 2. The molecule has 138 valence electrons. The third-order valence-electron chi connectivity index (χ3n) is 5.01. The van der Waals surface area contributed by atoms with Gasteiger partial charge in [0.1, 0.15) is 11.6 Å². The number of anilines is 1. The fraction of sp³-hybridized carbons (Fsp3) is 0.238. The van der Waals surface area contributed by atoms with Gasteiger partial charge in [-0.1, -0.05) is 60.1 Å². The van der Waals surface area contributed by atoms with E-state index in [-0.39, 0.29) is 10.6 Å². The quantitative estimate of drug-likeness (QED) is 0.749. The molecule has 2 heterocycles. The van der Waals surface area contributed by atoms with Gasteiger partial charge >= 0.3 is 0 Å². The lowest BCUT2D eigenvalue weighted by Crippen LogP contribution is -3.13. The molecule has 27 heavy (non-hydrogen) atoms. The minimum Gasteiger partial charge on any atom is -0.358 e. The summed E-state index contributed by atoms with van der Waals surface area (Å²) in [5.41, 5.74) is 2.52. The van der Waals surface area contributed by atoms with E-state index in [1.807, 2.05) is 36.4 Å². The maximum Gasteiger partial charge on any atom is 0.292 e. The average molecular weight is 382 g/mol. The number of nitrogens with one attached hydrogen (secondary N) is 1. The molecule has 0 saturated carbocycles. The summed E-state index contributed by atoms with van der Waals surface area (Å²) in [6, 6.07) is 19.9. The lowest BCUT2D eigenvalue weighted by atomic mass is 10.2. The second-order valence-electron chi connectivity index (χ2n) is 6.80. The summed E-state index contributed by atoms with van der Waals surface area (Å²) in [4.78, 5) is 16.4. The lowest BCUT2D eigenvalue weighted by molar-refractivity contribution is -0.914. The normalized spacial score (nSPS) is 15.1. The van der Waals surface area contributed by atoms with E-state index < -0.39 is 0 Å². The van der Waals surface area contributed by atoms with Crippen molar-refractivity contribution in [3.05, 3.63) is 87.8 Å². The average Bonchev–Trinajstić information content (AvgIpc) is 2.72. The lowest BCUT2D eigenvalue weighted by Gasteiger charge is -2.33. The fourth-order valence-electron chi connectivity index (χ4n) is 3.52. The molecule has 0 bridgehead atoms. The van der Waals surface area contributed by atoms with Gasteiger partial charge in [0.15, 0.2) is 0 Å². The van der Waals surface area contributed by atoms with Crippen LogP contribution in [0.5, 0.6) is 0 Å². The summed E-state index contributed by atoms with van der Waals surface area (Å²) < 4.78 is 1.35. The molecule has 0 aliphatic carbocycles. The smallest absolute Gasteiger partial charge is 0.292 e. The van der Waals surface area contributed by atoms with E-state index in [0.717, 1.165) is 38.4 Å². The van der Waals surface area contributed by atoms with Gasteiger partial charge in [0.25, 0.3) is 5.56 Å². The molecular weight excluding hydrogens is 360 g/mol. The Morgan fingerprint density at radius 2 is 1.59 bits per heavy atom.